The van der Waals surface area contributed by atoms with Crippen LogP contribution in [0.4, 0.5) is 18.9 Å². The average Bonchev–Trinajstić information content (AvgIpc) is 2.36. The minimum absolute atomic E-state index is 0.315. The molecule has 0 heterocycles. The topological polar surface area (TPSA) is 58.2 Å². The van der Waals surface area contributed by atoms with Gasteiger partial charge in [-0.05, 0) is 17.7 Å². The second-order valence-electron chi connectivity index (χ2n) is 3.53. The first-order valence-corrected chi connectivity index (χ1v) is 5.21. The Bertz CT molecular complexity index is 498. The van der Waals surface area contributed by atoms with E-state index in [1.54, 1.807) is 17.4 Å². The maximum atomic E-state index is 12.0. The lowest BCUT2D eigenvalue weighted by atomic mass is 10.1. The molecule has 0 spiro atoms. The fourth-order valence-corrected chi connectivity index (χ4v) is 1.26. The molecular formula is C12H11F3N2O2. The van der Waals surface area contributed by atoms with E-state index in [1.807, 2.05) is 0 Å². The van der Waals surface area contributed by atoms with Gasteiger partial charge >= 0.3 is 12.1 Å². The Morgan fingerprint density at radius 3 is 2.47 bits per heavy atom. The minimum atomic E-state index is -4.93. The van der Waals surface area contributed by atoms with Crippen LogP contribution in [0.25, 0.3) is 0 Å². The number of alkyl halides is 3. The first-order valence-electron chi connectivity index (χ1n) is 5.21. The maximum Gasteiger partial charge on any atom is 0.471 e. The third kappa shape index (κ3) is 4.46. The molecule has 0 bridgehead atoms. The zero-order valence-corrected chi connectivity index (χ0v) is 9.75. The summed E-state index contributed by atoms with van der Waals surface area (Å²) < 4.78 is 36.1. The lowest BCUT2D eigenvalue weighted by Gasteiger charge is -2.11. The Morgan fingerprint density at radius 1 is 1.26 bits per heavy atom. The molecule has 0 unspecified atom stereocenters. The molecule has 0 aliphatic heterocycles. The van der Waals surface area contributed by atoms with Crippen molar-refractivity contribution in [2.75, 3.05) is 5.32 Å². The molecule has 0 radical (unpaired) electrons. The highest BCUT2D eigenvalue weighted by Gasteiger charge is 2.38. The molecule has 0 aromatic heterocycles. The van der Waals surface area contributed by atoms with Crippen LogP contribution in [0.5, 0.6) is 0 Å². The van der Waals surface area contributed by atoms with Gasteiger partial charge in [-0.1, -0.05) is 24.8 Å². The Morgan fingerprint density at radius 2 is 1.89 bits per heavy atom. The van der Waals surface area contributed by atoms with Gasteiger partial charge in [0.25, 0.3) is 0 Å². The van der Waals surface area contributed by atoms with Crippen LogP contribution in [0.3, 0.4) is 0 Å². The Hall–Kier alpha value is -2.31. The summed E-state index contributed by atoms with van der Waals surface area (Å²) in [6.45, 7) is 2.92. The first-order chi connectivity index (χ1) is 8.84. The van der Waals surface area contributed by atoms with Crippen molar-refractivity contribution >= 4 is 17.5 Å². The Balaban J connectivity index is 2.76. The molecule has 0 aliphatic carbocycles. The van der Waals surface area contributed by atoms with E-state index in [-0.39, 0.29) is 6.54 Å². The van der Waals surface area contributed by atoms with Crippen LogP contribution in [0.2, 0.25) is 0 Å². The van der Waals surface area contributed by atoms with Crippen molar-refractivity contribution in [2.45, 2.75) is 12.7 Å². The van der Waals surface area contributed by atoms with Crippen LogP contribution in [-0.2, 0) is 16.1 Å². The highest BCUT2D eigenvalue weighted by molar-refractivity contribution is 5.99. The standard InChI is InChI=1S/C12H11F3N2O2/c1-2-10(18)17-9-6-4-3-5-8(9)7-16-11(19)12(13,14)15/h2-6H,1,7H2,(H,16,19)(H,17,18). The third-order valence-electron chi connectivity index (χ3n) is 2.16. The van der Waals surface area contributed by atoms with Crippen LogP contribution < -0.4 is 10.6 Å². The normalized spacial score (nSPS) is 10.7. The molecule has 102 valence electrons. The summed E-state index contributed by atoms with van der Waals surface area (Å²) in [5, 5.41) is 4.16. The molecule has 1 aromatic rings. The van der Waals surface area contributed by atoms with Crippen LogP contribution in [0.15, 0.2) is 36.9 Å². The van der Waals surface area contributed by atoms with Crippen molar-refractivity contribution in [2.24, 2.45) is 0 Å². The summed E-state index contributed by atoms with van der Waals surface area (Å²) >= 11 is 0. The van der Waals surface area contributed by atoms with Gasteiger partial charge in [-0.25, -0.2) is 0 Å². The number of rotatable bonds is 4. The highest BCUT2D eigenvalue weighted by atomic mass is 19.4. The van der Waals surface area contributed by atoms with Crippen molar-refractivity contribution in [3.8, 4) is 0 Å². The van der Waals surface area contributed by atoms with E-state index < -0.39 is 18.0 Å². The fraction of sp³-hybridized carbons (Fsp3) is 0.167. The van der Waals surface area contributed by atoms with Crippen molar-refractivity contribution in [3.05, 3.63) is 42.5 Å². The molecule has 2 N–H and O–H groups in total. The summed E-state index contributed by atoms with van der Waals surface area (Å²) in [7, 11) is 0. The predicted molar refractivity (Wildman–Crippen MR) is 63.2 cm³/mol. The number of amides is 2. The smallest absolute Gasteiger partial charge is 0.344 e. The lowest BCUT2D eigenvalue weighted by Crippen LogP contribution is -2.36. The van der Waals surface area contributed by atoms with Gasteiger partial charge in [-0.3, -0.25) is 9.59 Å². The number of halogens is 3. The van der Waals surface area contributed by atoms with Gasteiger partial charge in [0, 0.05) is 12.2 Å². The van der Waals surface area contributed by atoms with Crippen LogP contribution in [-0.4, -0.2) is 18.0 Å². The predicted octanol–water partition coefficient (Wildman–Crippen LogP) is 1.99. The van der Waals surface area contributed by atoms with Gasteiger partial charge in [0.2, 0.25) is 5.91 Å². The number of para-hydroxylation sites is 1. The number of hydrogen-bond acceptors (Lipinski definition) is 2. The lowest BCUT2D eigenvalue weighted by molar-refractivity contribution is -0.173. The number of carbonyl (C=O) groups is 2. The number of carbonyl (C=O) groups excluding carboxylic acids is 2. The summed E-state index contributed by atoms with van der Waals surface area (Å²) in [5.41, 5.74) is 0.671. The minimum Gasteiger partial charge on any atom is -0.344 e. The molecular weight excluding hydrogens is 261 g/mol. The SMILES string of the molecule is C=CC(=O)Nc1ccccc1CNC(=O)C(F)(F)F. The number of benzene rings is 1. The van der Waals surface area contributed by atoms with Gasteiger partial charge in [0.15, 0.2) is 0 Å². The van der Waals surface area contributed by atoms with Gasteiger partial charge in [0.05, 0.1) is 0 Å². The summed E-state index contributed by atoms with van der Waals surface area (Å²) in [6.07, 6.45) is -3.90. The van der Waals surface area contributed by atoms with Crippen molar-refractivity contribution in [1.29, 1.82) is 0 Å². The van der Waals surface area contributed by atoms with Crippen molar-refractivity contribution < 1.29 is 22.8 Å². The second kappa shape index (κ2) is 6.03. The van der Waals surface area contributed by atoms with E-state index in [0.717, 1.165) is 6.08 Å². The molecule has 1 rings (SSSR count). The van der Waals surface area contributed by atoms with E-state index >= 15 is 0 Å². The molecule has 0 saturated heterocycles. The largest absolute Gasteiger partial charge is 0.471 e. The average molecular weight is 272 g/mol. The molecule has 0 aliphatic rings. The van der Waals surface area contributed by atoms with Gasteiger partial charge in [-0.2, -0.15) is 13.2 Å². The molecule has 19 heavy (non-hydrogen) atoms. The van der Waals surface area contributed by atoms with E-state index in [4.69, 9.17) is 0 Å². The second-order valence-corrected chi connectivity index (χ2v) is 3.53. The summed E-state index contributed by atoms with van der Waals surface area (Å²) in [4.78, 5) is 21.8. The number of anilines is 1. The maximum absolute atomic E-state index is 12.0. The summed E-state index contributed by atoms with van der Waals surface area (Å²) in [6, 6.07) is 6.19. The van der Waals surface area contributed by atoms with Gasteiger partial charge < -0.3 is 10.6 Å². The van der Waals surface area contributed by atoms with E-state index in [9.17, 15) is 22.8 Å². The quantitative estimate of drug-likeness (QED) is 0.823. The van der Waals surface area contributed by atoms with E-state index in [0.29, 0.717) is 11.3 Å². The third-order valence-corrected chi connectivity index (χ3v) is 2.16. The molecule has 7 heteroatoms. The Labute approximate surface area is 107 Å². The van der Waals surface area contributed by atoms with Crippen molar-refractivity contribution in [1.82, 2.24) is 5.32 Å². The van der Waals surface area contributed by atoms with Gasteiger partial charge in [0.1, 0.15) is 0 Å². The van der Waals surface area contributed by atoms with Crippen LogP contribution in [0, 0.1) is 0 Å². The zero-order chi connectivity index (χ0) is 14.5. The van der Waals surface area contributed by atoms with E-state index in [2.05, 4.69) is 11.9 Å². The van der Waals surface area contributed by atoms with E-state index in [1.165, 1.54) is 12.1 Å². The van der Waals surface area contributed by atoms with Crippen LogP contribution >= 0.6 is 0 Å². The number of hydrogen-bond donors (Lipinski definition) is 2. The fourth-order valence-electron chi connectivity index (χ4n) is 1.26. The van der Waals surface area contributed by atoms with Crippen molar-refractivity contribution in [3.63, 3.8) is 0 Å². The Kier molecular flexibility index (Phi) is 4.68. The molecule has 4 nitrogen and oxygen atoms in total. The monoisotopic (exact) mass is 272 g/mol. The molecule has 1 aromatic carbocycles. The zero-order valence-electron chi connectivity index (χ0n) is 9.75. The highest BCUT2D eigenvalue weighted by Crippen LogP contribution is 2.17. The molecule has 0 fully saturated rings. The first kappa shape index (κ1) is 14.7. The van der Waals surface area contributed by atoms with Gasteiger partial charge in [-0.15, -0.1) is 0 Å². The summed E-state index contributed by atoms with van der Waals surface area (Å²) in [5.74, 6) is -2.52. The number of nitrogens with one attached hydrogen (secondary N) is 2. The molecule has 0 saturated carbocycles. The van der Waals surface area contributed by atoms with Crippen LogP contribution in [0.1, 0.15) is 5.56 Å². The molecule has 2 amide bonds. The molecule has 0 atom stereocenters.